The third kappa shape index (κ3) is 7.15. The predicted octanol–water partition coefficient (Wildman–Crippen LogP) is 4.60. The quantitative estimate of drug-likeness (QED) is 0.375. The minimum absolute atomic E-state index is 0.104. The average molecular weight is 338 g/mol. The van der Waals surface area contributed by atoms with Crippen molar-refractivity contribution in [3.63, 3.8) is 0 Å². The molecule has 0 radical (unpaired) electrons. The van der Waals surface area contributed by atoms with Gasteiger partial charge in [0, 0.05) is 11.7 Å². The van der Waals surface area contributed by atoms with Crippen LogP contribution in [0.15, 0.2) is 35.9 Å². The maximum absolute atomic E-state index is 13.1. The number of rotatable bonds is 9. The molecular formula is C18H27O4P. The molecule has 1 unspecified atom stereocenters. The molecule has 0 fully saturated rings. The van der Waals surface area contributed by atoms with E-state index < -0.39 is 13.3 Å². The van der Waals surface area contributed by atoms with Crippen LogP contribution in [0.1, 0.15) is 33.3 Å². The minimum atomic E-state index is -2.92. The molecule has 0 aromatic heterocycles. The SMILES string of the molecule is CCOC(=O)/C(=C\c1ccccc1)CP(=O)(CC(C)C)OCC. The first kappa shape index (κ1) is 19.7. The van der Waals surface area contributed by atoms with Crippen LogP contribution in [0.2, 0.25) is 0 Å². The molecule has 0 amide bonds. The summed E-state index contributed by atoms with van der Waals surface area (Å²) >= 11 is 0. The van der Waals surface area contributed by atoms with Crippen LogP contribution in [0.4, 0.5) is 0 Å². The van der Waals surface area contributed by atoms with Gasteiger partial charge in [-0.15, -0.1) is 0 Å². The Balaban J connectivity index is 3.11. The molecule has 1 aromatic carbocycles. The molecule has 1 atom stereocenters. The molecule has 1 aromatic rings. The molecule has 0 aliphatic carbocycles. The monoisotopic (exact) mass is 338 g/mol. The molecule has 0 N–H and O–H groups in total. The Labute approximate surface area is 139 Å². The van der Waals surface area contributed by atoms with Gasteiger partial charge in [-0.25, -0.2) is 4.79 Å². The highest BCUT2D eigenvalue weighted by atomic mass is 31.2. The molecule has 0 aliphatic heterocycles. The molecule has 23 heavy (non-hydrogen) atoms. The Hall–Kier alpha value is -1.38. The zero-order valence-electron chi connectivity index (χ0n) is 14.5. The smallest absolute Gasteiger partial charge is 0.334 e. The summed E-state index contributed by atoms with van der Waals surface area (Å²) in [6, 6.07) is 9.49. The van der Waals surface area contributed by atoms with Crippen LogP contribution in [0.3, 0.4) is 0 Å². The predicted molar refractivity (Wildman–Crippen MR) is 94.9 cm³/mol. The van der Waals surface area contributed by atoms with Gasteiger partial charge in [-0.3, -0.25) is 4.57 Å². The van der Waals surface area contributed by atoms with Crippen LogP contribution in [0, 0.1) is 5.92 Å². The summed E-state index contributed by atoms with van der Waals surface area (Å²) in [5.41, 5.74) is 1.28. The van der Waals surface area contributed by atoms with Gasteiger partial charge < -0.3 is 9.26 Å². The summed E-state index contributed by atoms with van der Waals surface area (Å²) in [5, 5.41) is 0. The van der Waals surface area contributed by atoms with Crippen LogP contribution >= 0.6 is 7.37 Å². The van der Waals surface area contributed by atoms with Crippen LogP contribution in [0.5, 0.6) is 0 Å². The van der Waals surface area contributed by atoms with E-state index in [0.717, 1.165) is 5.56 Å². The van der Waals surface area contributed by atoms with Crippen LogP contribution in [0.25, 0.3) is 6.08 Å². The maximum atomic E-state index is 13.1. The molecule has 0 heterocycles. The Kier molecular flexibility index (Phi) is 8.29. The van der Waals surface area contributed by atoms with Crippen molar-refractivity contribution in [3.05, 3.63) is 41.5 Å². The maximum Gasteiger partial charge on any atom is 0.334 e. The average Bonchev–Trinajstić information content (AvgIpc) is 2.47. The van der Waals surface area contributed by atoms with Crippen molar-refractivity contribution in [2.75, 3.05) is 25.5 Å². The van der Waals surface area contributed by atoms with Gasteiger partial charge in [0.2, 0.25) is 7.37 Å². The van der Waals surface area contributed by atoms with E-state index >= 15 is 0 Å². The van der Waals surface area contributed by atoms with E-state index in [1.54, 1.807) is 13.0 Å². The summed E-state index contributed by atoms with van der Waals surface area (Å²) in [5.74, 6) is -0.201. The fourth-order valence-electron chi connectivity index (χ4n) is 2.36. The van der Waals surface area contributed by atoms with E-state index in [1.165, 1.54) is 0 Å². The number of hydrogen-bond acceptors (Lipinski definition) is 4. The zero-order valence-corrected chi connectivity index (χ0v) is 15.3. The third-order valence-electron chi connectivity index (χ3n) is 3.10. The highest BCUT2D eigenvalue weighted by Gasteiger charge is 2.28. The summed E-state index contributed by atoms with van der Waals surface area (Å²) in [6.07, 6.45) is 2.29. The topological polar surface area (TPSA) is 52.6 Å². The van der Waals surface area contributed by atoms with Crippen molar-refractivity contribution in [1.82, 2.24) is 0 Å². The van der Waals surface area contributed by atoms with E-state index in [1.807, 2.05) is 51.1 Å². The normalized spacial score (nSPS) is 14.6. The molecule has 0 aliphatic rings. The molecule has 0 spiro atoms. The molecule has 1 rings (SSSR count). The van der Waals surface area contributed by atoms with Gasteiger partial charge in [0.15, 0.2) is 0 Å². The molecule has 0 saturated carbocycles. The number of carbonyl (C=O) groups excluding carboxylic acids is 1. The van der Waals surface area contributed by atoms with Crippen molar-refractivity contribution in [2.45, 2.75) is 27.7 Å². The fraction of sp³-hybridized carbons (Fsp3) is 0.500. The summed E-state index contributed by atoms with van der Waals surface area (Å²) in [4.78, 5) is 12.2. The number of esters is 1. The van der Waals surface area contributed by atoms with Gasteiger partial charge in [0.25, 0.3) is 0 Å². The Morgan fingerprint density at radius 3 is 2.35 bits per heavy atom. The third-order valence-corrected chi connectivity index (χ3v) is 5.93. The molecule has 4 nitrogen and oxygen atoms in total. The van der Waals surface area contributed by atoms with Gasteiger partial charge >= 0.3 is 5.97 Å². The lowest BCUT2D eigenvalue weighted by molar-refractivity contribution is -0.138. The van der Waals surface area contributed by atoms with Crippen molar-refractivity contribution in [3.8, 4) is 0 Å². The van der Waals surface area contributed by atoms with Crippen LogP contribution in [-0.4, -0.2) is 31.5 Å². The van der Waals surface area contributed by atoms with E-state index in [-0.39, 0.29) is 18.7 Å². The highest BCUT2D eigenvalue weighted by Crippen LogP contribution is 2.50. The van der Waals surface area contributed by atoms with Crippen LogP contribution < -0.4 is 0 Å². The first-order chi connectivity index (χ1) is 10.9. The van der Waals surface area contributed by atoms with Crippen molar-refractivity contribution in [1.29, 1.82) is 0 Å². The van der Waals surface area contributed by atoms with Gasteiger partial charge in [-0.05, 0) is 31.4 Å². The molecule has 5 heteroatoms. The summed E-state index contributed by atoms with van der Waals surface area (Å²) in [6.45, 7) is 8.22. The zero-order chi connectivity index (χ0) is 17.3. The Morgan fingerprint density at radius 1 is 1.17 bits per heavy atom. The number of carbonyl (C=O) groups is 1. The second-order valence-electron chi connectivity index (χ2n) is 5.77. The fourth-order valence-corrected chi connectivity index (χ4v) is 5.01. The molecule has 0 saturated heterocycles. The number of hydrogen-bond donors (Lipinski definition) is 0. The Morgan fingerprint density at radius 2 is 1.83 bits per heavy atom. The molecular weight excluding hydrogens is 311 g/mol. The van der Waals surface area contributed by atoms with E-state index in [9.17, 15) is 9.36 Å². The number of benzene rings is 1. The largest absolute Gasteiger partial charge is 0.463 e. The summed E-state index contributed by atoms with van der Waals surface area (Å²) < 4.78 is 23.7. The van der Waals surface area contributed by atoms with Crippen LogP contribution in [-0.2, 0) is 18.6 Å². The van der Waals surface area contributed by atoms with E-state index in [2.05, 4.69) is 0 Å². The Bertz CT molecular complexity index is 564. The van der Waals surface area contributed by atoms with Crippen molar-refractivity contribution >= 4 is 19.4 Å². The van der Waals surface area contributed by atoms with Gasteiger partial charge in [-0.1, -0.05) is 44.2 Å². The van der Waals surface area contributed by atoms with Gasteiger partial charge in [0.05, 0.1) is 19.4 Å². The highest BCUT2D eigenvalue weighted by molar-refractivity contribution is 7.59. The first-order valence-electron chi connectivity index (χ1n) is 8.05. The molecule has 128 valence electrons. The van der Waals surface area contributed by atoms with Crippen molar-refractivity contribution < 1.29 is 18.6 Å². The standard InChI is InChI=1S/C18H27O4P/c1-5-21-18(19)17(12-16-10-8-7-9-11-16)14-23(20,22-6-2)13-15(3)4/h7-12,15H,5-6,13-14H2,1-4H3/b17-12-. The lowest BCUT2D eigenvalue weighted by atomic mass is 10.1. The lowest BCUT2D eigenvalue weighted by Crippen LogP contribution is -2.14. The second kappa shape index (κ2) is 9.69. The first-order valence-corrected chi connectivity index (χ1v) is 10.0. The van der Waals surface area contributed by atoms with E-state index in [4.69, 9.17) is 9.26 Å². The number of ether oxygens (including phenoxy) is 1. The second-order valence-corrected chi connectivity index (χ2v) is 8.34. The lowest BCUT2D eigenvalue weighted by Gasteiger charge is -2.20. The van der Waals surface area contributed by atoms with Crippen molar-refractivity contribution in [2.24, 2.45) is 5.92 Å². The van der Waals surface area contributed by atoms with Gasteiger partial charge in [-0.2, -0.15) is 0 Å². The van der Waals surface area contributed by atoms with Gasteiger partial charge in [0.1, 0.15) is 0 Å². The molecule has 0 bridgehead atoms. The van der Waals surface area contributed by atoms with E-state index in [0.29, 0.717) is 18.3 Å². The summed E-state index contributed by atoms with van der Waals surface area (Å²) in [7, 11) is -2.92. The minimum Gasteiger partial charge on any atom is -0.463 e.